The molecule has 2 rings (SSSR count). The fraction of sp³-hybridized carbons (Fsp3) is 0.647. The Labute approximate surface area is 118 Å². The standard InChI is InChI=1S/C17H28N2/c1-13(2)15-9-11-19(12-10-15)17-8-6-5-7-16(17)14(3)18-4/h5-8,13-15,18H,9-12H2,1-4H3. The summed E-state index contributed by atoms with van der Waals surface area (Å²) in [5, 5.41) is 3.36. The smallest absolute Gasteiger partial charge is 0.0414 e. The van der Waals surface area contributed by atoms with Gasteiger partial charge in [-0.3, -0.25) is 0 Å². The quantitative estimate of drug-likeness (QED) is 0.885. The third-order valence-corrected chi connectivity index (χ3v) is 4.66. The molecule has 1 unspecified atom stereocenters. The molecule has 1 heterocycles. The van der Waals surface area contributed by atoms with E-state index in [0.717, 1.165) is 11.8 Å². The van der Waals surface area contributed by atoms with E-state index in [0.29, 0.717) is 6.04 Å². The molecular weight excluding hydrogens is 232 g/mol. The van der Waals surface area contributed by atoms with Gasteiger partial charge >= 0.3 is 0 Å². The third-order valence-electron chi connectivity index (χ3n) is 4.66. The van der Waals surface area contributed by atoms with Gasteiger partial charge in [0.15, 0.2) is 0 Å². The molecule has 0 radical (unpaired) electrons. The molecule has 2 heteroatoms. The topological polar surface area (TPSA) is 15.3 Å². The molecule has 0 saturated carbocycles. The Balaban J connectivity index is 2.11. The molecule has 0 aliphatic carbocycles. The van der Waals surface area contributed by atoms with E-state index in [1.807, 2.05) is 7.05 Å². The molecule has 1 atom stereocenters. The van der Waals surface area contributed by atoms with Gasteiger partial charge in [-0.1, -0.05) is 32.0 Å². The first kappa shape index (κ1) is 14.4. The van der Waals surface area contributed by atoms with E-state index in [9.17, 15) is 0 Å². The van der Waals surface area contributed by atoms with Crippen LogP contribution in [0.3, 0.4) is 0 Å². The lowest BCUT2D eigenvalue weighted by molar-refractivity contribution is 0.311. The van der Waals surface area contributed by atoms with E-state index < -0.39 is 0 Å². The summed E-state index contributed by atoms with van der Waals surface area (Å²) in [5.74, 6) is 1.73. The Bertz CT molecular complexity index is 392. The Morgan fingerprint density at radius 1 is 1.11 bits per heavy atom. The minimum atomic E-state index is 0.416. The first-order valence-electron chi connectivity index (χ1n) is 7.64. The monoisotopic (exact) mass is 260 g/mol. The van der Waals surface area contributed by atoms with Gasteiger partial charge in [-0.15, -0.1) is 0 Å². The van der Waals surface area contributed by atoms with Crippen LogP contribution >= 0.6 is 0 Å². The second kappa shape index (κ2) is 6.42. The second-order valence-electron chi connectivity index (χ2n) is 6.14. The van der Waals surface area contributed by atoms with Crippen LogP contribution in [-0.2, 0) is 0 Å². The van der Waals surface area contributed by atoms with Crippen LogP contribution in [0.25, 0.3) is 0 Å². The normalized spacial score (nSPS) is 18.9. The van der Waals surface area contributed by atoms with Crippen LogP contribution in [-0.4, -0.2) is 20.1 Å². The van der Waals surface area contributed by atoms with Gasteiger partial charge in [0.1, 0.15) is 0 Å². The van der Waals surface area contributed by atoms with Crippen LogP contribution in [0.1, 0.15) is 45.2 Å². The summed E-state index contributed by atoms with van der Waals surface area (Å²) in [5.41, 5.74) is 2.85. The number of anilines is 1. The number of piperidine rings is 1. The zero-order chi connectivity index (χ0) is 13.8. The predicted octanol–water partition coefficient (Wildman–Crippen LogP) is 3.84. The van der Waals surface area contributed by atoms with Crippen LogP contribution in [0, 0.1) is 11.8 Å². The van der Waals surface area contributed by atoms with Gasteiger partial charge < -0.3 is 10.2 Å². The molecule has 1 aliphatic rings. The van der Waals surface area contributed by atoms with Gasteiger partial charge in [0.25, 0.3) is 0 Å². The second-order valence-corrected chi connectivity index (χ2v) is 6.14. The lowest BCUT2D eigenvalue weighted by Crippen LogP contribution is -2.36. The average Bonchev–Trinajstić information content (AvgIpc) is 2.46. The van der Waals surface area contributed by atoms with Gasteiger partial charge in [0.05, 0.1) is 0 Å². The van der Waals surface area contributed by atoms with E-state index in [4.69, 9.17) is 0 Å². The molecule has 0 spiro atoms. The summed E-state index contributed by atoms with van der Waals surface area (Å²) in [6, 6.07) is 9.26. The van der Waals surface area contributed by atoms with Crippen LogP contribution in [0.4, 0.5) is 5.69 Å². The molecule has 19 heavy (non-hydrogen) atoms. The van der Waals surface area contributed by atoms with Crippen LogP contribution in [0.5, 0.6) is 0 Å². The van der Waals surface area contributed by atoms with Gasteiger partial charge in [-0.25, -0.2) is 0 Å². The van der Waals surface area contributed by atoms with Crippen LogP contribution < -0.4 is 10.2 Å². The molecule has 0 bridgehead atoms. The van der Waals surface area contributed by atoms with Crippen molar-refractivity contribution >= 4 is 5.69 Å². The maximum absolute atomic E-state index is 3.36. The lowest BCUT2D eigenvalue weighted by atomic mass is 9.86. The highest BCUT2D eigenvalue weighted by Gasteiger charge is 2.23. The molecule has 1 aromatic carbocycles. The van der Waals surface area contributed by atoms with Crippen LogP contribution in [0.15, 0.2) is 24.3 Å². The number of nitrogens with one attached hydrogen (secondary N) is 1. The Morgan fingerprint density at radius 3 is 2.32 bits per heavy atom. The first-order valence-corrected chi connectivity index (χ1v) is 7.64. The van der Waals surface area contributed by atoms with Crippen molar-refractivity contribution < 1.29 is 0 Å². The number of hydrogen-bond donors (Lipinski definition) is 1. The minimum absolute atomic E-state index is 0.416. The number of para-hydroxylation sites is 1. The maximum atomic E-state index is 3.36. The summed E-state index contributed by atoms with van der Waals surface area (Å²) < 4.78 is 0. The molecule has 0 aromatic heterocycles. The van der Waals surface area contributed by atoms with Crippen molar-refractivity contribution in [1.29, 1.82) is 0 Å². The van der Waals surface area contributed by atoms with Crippen molar-refractivity contribution in [3.05, 3.63) is 29.8 Å². The van der Waals surface area contributed by atoms with Crippen molar-refractivity contribution in [2.75, 3.05) is 25.0 Å². The Kier molecular flexibility index (Phi) is 4.87. The van der Waals surface area contributed by atoms with Gasteiger partial charge in [0, 0.05) is 24.8 Å². The van der Waals surface area contributed by atoms with Gasteiger partial charge in [-0.2, -0.15) is 0 Å². The highest BCUT2D eigenvalue weighted by molar-refractivity contribution is 5.55. The fourth-order valence-corrected chi connectivity index (χ4v) is 3.10. The summed E-state index contributed by atoms with van der Waals surface area (Å²) >= 11 is 0. The van der Waals surface area contributed by atoms with Crippen LogP contribution in [0.2, 0.25) is 0 Å². The van der Waals surface area contributed by atoms with Gasteiger partial charge in [0.2, 0.25) is 0 Å². The van der Waals surface area contributed by atoms with E-state index in [2.05, 4.69) is 55.3 Å². The fourth-order valence-electron chi connectivity index (χ4n) is 3.10. The number of nitrogens with zero attached hydrogens (tertiary/aromatic N) is 1. The molecule has 106 valence electrons. The van der Waals surface area contributed by atoms with E-state index in [-0.39, 0.29) is 0 Å². The summed E-state index contributed by atoms with van der Waals surface area (Å²) in [4.78, 5) is 2.57. The average molecular weight is 260 g/mol. The molecular formula is C17H28N2. The number of benzene rings is 1. The lowest BCUT2D eigenvalue weighted by Gasteiger charge is -2.37. The highest BCUT2D eigenvalue weighted by atomic mass is 15.1. The highest BCUT2D eigenvalue weighted by Crippen LogP contribution is 2.31. The van der Waals surface area contributed by atoms with Crippen molar-refractivity contribution in [2.24, 2.45) is 11.8 Å². The van der Waals surface area contributed by atoms with E-state index >= 15 is 0 Å². The zero-order valence-corrected chi connectivity index (χ0v) is 12.8. The SMILES string of the molecule is CNC(C)c1ccccc1N1CCC(C(C)C)CC1. The number of hydrogen-bond acceptors (Lipinski definition) is 2. The summed E-state index contributed by atoms with van der Waals surface area (Å²) in [6.45, 7) is 9.36. The van der Waals surface area contributed by atoms with Crippen molar-refractivity contribution in [3.8, 4) is 0 Å². The number of rotatable bonds is 4. The minimum Gasteiger partial charge on any atom is -0.371 e. The molecule has 1 aromatic rings. The Hall–Kier alpha value is -1.02. The van der Waals surface area contributed by atoms with E-state index in [1.54, 1.807) is 0 Å². The van der Waals surface area contributed by atoms with Crippen molar-refractivity contribution in [3.63, 3.8) is 0 Å². The van der Waals surface area contributed by atoms with Gasteiger partial charge in [-0.05, 0) is 50.3 Å². The molecule has 1 saturated heterocycles. The first-order chi connectivity index (χ1) is 9.13. The maximum Gasteiger partial charge on any atom is 0.0414 e. The zero-order valence-electron chi connectivity index (χ0n) is 12.8. The molecule has 1 N–H and O–H groups in total. The summed E-state index contributed by atoms with van der Waals surface area (Å²) in [6.07, 6.45) is 2.67. The molecule has 0 amide bonds. The Morgan fingerprint density at radius 2 is 1.74 bits per heavy atom. The van der Waals surface area contributed by atoms with E-state index in [1.165, 1.54) is 37.2 Å². The third kappa shape index (κ3) is 3.30. The predicted molar refractivity (Wildman–Crippen MR) is 83.7 cm³/mol. The largest absolute Gasteiger partial charge is 0.371 e. The summed E-state index contributed by atoms with van der Waals surface area (Å²) in [7, 11) is 2.03. The van der Waals surface area contributed by atoms with Crippen molar-refractivity contribution in [2.45, 2.75) is 39.7 Å². The van der Waals surface area contributed by atoms with Crippen molar-refractivity contribution in [1.82, 2.24) is 5.32 Å². The molecule has 1 fully saturated rings. The molecule has 1 aliphatic heterocycles. The molecule has 2 nitrogen and oxygen atoms in total.